The molecule has 0 aliphatic heterocycles. The van der Waals surface area contributed by atoms with E-state index in [2.05, 4.69) is 20.8 Å². The minimum absolute atomic E-state index is 0.0316. The number of carbonyl (C=O) groups excluding carboxylic acids is 1. The molecular formula is C17H20N6OS. The van der Waals surface area contributed by atoms with E-state index in [1.165, 1.54) is 0 Å². The van der Waals surface area contributed by atoms with Crippen molar-refractivity contribution in [3.05, 3.63) is 54.6 Å². The minimum Gasteiger partial charge on any atom is -0.342 e. The zero-order valence-electron chi connectivity index (χ0n) is 14.2. The van der Waals surface area contributed by atoms with Gasteiger partial charge in [-0.25, -0.2) is 0 Å². The molecule has 0 saturated carbocycles. The van der Waals surface area contributed by atoms with Crippen LogP contribution >= 0.6 is 11.8 Å². The summed E-state index contributed by atoms with van der Waals surface area (Å²) in [5, 5.41) is 14.5. The normalized spacial score (nSPS) is 12.1. The second-order valence-corrected chi connectivity index (χ2v) is 6.59. The lowest BCUT2D eigenvalue weighted by molar-refractivity contribution is -0.119. The van der Waals surface area contributed by atoms with Crippen molar-refractivity contribution in [3.63, 3.8) is 0 Å². The lowest BCUT2D eigenvalue weighted by atomic mass is 10.2. The second kappa shape index (κ2) is 7.98. The highest BCUT2D eigenvalue weighted by Crippen LogP contribution is 2.20. The number of anilines is 1. The van der Waals surface area contributed by atoms with E-state index in [0.29, 0.717) is 5.82 Å². The maximum Gasteiger partial charge on any atom is 0.247 e. The first-order chi connectivity index (χ1) is 12.2. The van der Waals surface area contributed by atoms with Crippen LogP contribution in [0.2, 0.25) is 0 Å². The lowest BCUT2D eigenvalue weighted by Gasteiger charge is -2.18. The molecule has 0 bridgehead atoms. The van der Waals surface area contributed by atoms with Crippen molar-refractivity contribution in [2.24, 2.45) is 0 Å². The Balaban J connectivity index is 1.78. The van der Waals surface area contributed by atoms with E-state index < -0.39 is 0 Å². The Morgan fingerprint density at radius 3 is 2.76 bits per heavy atom. The topological polar surface area (TPSA) is 77.6 Å². The number of hydrogen-bond donors (Lipinski definition) is 1. The summed E-state index contributed by atoms with van der Waals surface area (Å²) >= 11 is 1.73. The van der Waals surface area contributed by atoms with Crippen molar-refractivity contribution < 1.29 is 4.79 Å². The smallest absolute Gasteiger partial charge is 0.247 e. The number of carbonyl (C=O) groups is 1. The Bertz CT molecular complexity index is 829. The van der Waals surface area contributed by atoms with Gasteiger partial charge in [0.05, 0.1) is 5.69 Å². The van der Waals surface area contributed by atoms with Crippen LogP contribution < -0.4 is 5.32 Å². The Morgan fingerprint density at radius 1 is 1.28 bits per heavy atom. The molecule has 1 amide bonds. The number of thioether (sulfide) groups is 1. The summed E-state index contributed by atoms with van der Waals surface area (Å²) in [6.07, 6.45) is 6.66. The van der Waals surface area contributed by atoms with Crippen molar-refractivity contribution >= 4 is 23.4 Å². The SMILES string of the molecule is CSCCC(C(=O)Nc1cccc(-n2nnnc2C)c1)n1cccc1. The van der Waals surface area contributed by atoms with Gasteiger partial charge in [-0.3, -0.25) is 4.79 Å². The first kappa shape index (κ1) is 17.2. The summed E-state index contributed by atoms with van der Waals surface area (Å²) in [4.78, 5) is 12.8. The minimum atomic E-state index is -0.235. The van der Waals surface area contributed by atoms with Crippen LogP contribution in [0.1, 0.15) is 18.3 Å². The molecule has 2 aromatic heterocycles. The second-order valence-electron chi connectivity index (χ2n) is 5.61. The van der Waals surface area contributed by atoms with E-state index in [1.807, 2.05) is 66.5 Å². The number of tetrazole rings is 1. The fraction of sp³-hybridized carbons (Fsp3) is 0.294. The van der Waals surface area contributed by atoms with Crippen molar-refractivity contribution in [2.45, 2.75) is 19.4 Å². The van der Waals surface area contributed by atoms with Gasteiger partial charge in [0.1, 0.15) is 6.04 Å². The van der Waals surface area contributed by atoms with E-state index >= 15 is 0 Å². The molecule has 8 heteroatoms. The zero-order chi connectivity index (χ0) is 17.6. The van der Waals surface area contributed by atoms with Crippen molar-refractivity contribution in [2.75, 3.05) is 17.3 Å². The molecule has 1 atom stereocenters. The van der Waals surface area contributed by atoms with Gasteiger partial charge in [0.15, 0.2) is 5.82 Å². The van der Waals surface area contributed by atoms with E-state index in [-0.39, 0.29) is 11.9 Å². The Hall–Kier alpha value is -2.61. The molecule has 25 heavy (non-hydrogen) atoms. The highest BCUT2D eigenvalue weighted by atomic mass is 32.2. The molecule has 0 spiro atoms. The monoisotopic (exact) mass is 356 g/mol. The number of aromatic nitrogens is 5. The number of amides is 1. The molecule has 1 N–H and O–H groups in total. The molecule has 0 fully saturated rings. The highest BCUT2D eigenvalue weighted by Gasteiger charge is 2.19. The summed E-state index contributed by atoms with van der Waals surface area (Å²) in [7, 11) is 0. The molecule has 2 heterocycles. The van der Waals surface area contributed by atoms with Gasteiger partial charge in [0.25, 0.3) is 0 Å². The first-order valence-electron chi connectivity index (χ1n) is 7.96. The van der Waals surface area contributed by atoms with E-state index in [4.69, 9.17) is 0 Å². The summed E-state index contributed by atoms with van der Waals surface area (Å²) in [6.45, 7) is 1.83. The molecule has 7 nitrogen and oxygen atoms in total. The highest BCUT2D eigenvalue weighted by molar-refractivity contribution is 7.98. The average Bonchev–Trinajstić information content (AvgIpc) is 3.27. The van der Waals surface area contributed by atoms with Crippen LogP contribution in [0, 0.1) is 6.92 Å². The predicted molar refractivity (Wildman–Crippen MR) is 99.0 cm³/mol. The van der Waals surface area contributed by atoms with Crippen molar-refractivity contribution in [1.82, 2.24) is 24.8 Å². The Morgan fingerprint density at radius 2 is 2.08 bits per heavy atom. The summed E-state index contributed by atoms with van der Waals surface area (Å²) < 4.78 is 3.58. The summed E-state index contributed by atoms with van der Waals surface area (Å²) in [6, 6.07) is 11.1. The van der Waals surface area contributed by atoms with Crippen LogP contribution in [0.5, 0.6) is 0 Å². The van der Waals surface area contributed by atoms with Gasteiger partial charge in [-0.15, -0.1) is 5.10 Å². The van der Waals surface area contributed by atoms with Crippen LogP contribution in [0.3, 0.4) is 0 Å². The van der Waals surface area contributed by atoms with Crippen LogP contribution in [0.4, 0.5) is 5.69 Å². The van der Waals surface area contributed by atoms with Gasteiger partial charge in [-0.1, -0.05) is 6.07 Å². The average molecular weight is 356 g/mol. The van der Waals surface area contributed by atoms with Gasteiger partial charge < -0.3 is 9.88 Å². The maximum atomic E-state index is 12.8. The molecule has 0 aliphatic rings. The standard InChI is InChI=1S/C17H20N6OS/c1-13-19-20-21-23(13)15-7-5-6-14(12-15)18-17(24)16(8-11-25-2)22-9-3-4-10-22/h3-7,9-10,12,16H,8,11H2,1-2H3,(H,18,24). The number of nitrogens with one attached hydrogen (secondary N) is 1. The molecule has 0 saturated heterocycles. The molecule has 3 aromatic rings. The van der Waals surface area contributed by atoms with Gasteiger partial charge in [0.2, 0.25) is 5.91 Å². The quantitative estimate of drug-likeness (QED) is 0.704. The van der Waals surface area contributed by atoms with Gasteiger partial charge in [-0.2, -0.15) is 16.4 Å². The molecule has 3 rings (SSSR count). The van der Waals surface area contributed by atoms with Crippen molar-refractivity contribution in [1.29, 1.82) is 0 Å². The van der Waals surface area contributed by atoms with Crippen LogP contribution in [0.15, 0.2) is 48.8 Å². The van der Waals surface area contributed by atoms with E-state index in [1.54, 1.807) is 16.4 Å². The summed E-state index contributed by atoms with van der Waals surface area (Å²) in [5.41, 5.74) is 1.53. The fourth-order valence-corrected chi connectivity index (χ4v) is 3.07. The van der Waals surface area contributed by atoms with Gasteiger partial charge >= 0.3 is 0 Å². The van der Waals surface area contributed by atoms with Gasteiger partial charge in [-0.05, 0) is 66.1 Å². The number of nitrogens with zero attached hydrogens (tertiary/aromatic N) is 5. The third-order valence-corrected chi connectivity index (χ3v) is 4.51. The van der Waals surface area contributed by atoms with Crippen LogP contribution in [-0.4, -0.2) is 42.7 Å². The predicted octanol–water partition coefficient (Wildman–Crippen LogP) is 2.71. The van der Waals surface area contributed by atoms with E-state index in [0.717, 1.165) is 23.5 Å². The number of rotatable bonds is 7. The number of benzene rings is 1. The molecule has 1 aromatic carbocycles. The van der Waals surface area contributed by atoms with Crippen molar-refractivity contribution in [3.8, 4) is 5.69 Å². The first-order valence-corrected chi connectivity index (χ1v) is 9.36. The van der Waals surface area contributed by atoms with E-state index in [9.17, 15) is 4.79 Å². The summed E-state index contributed by atoms with van der Waals surface area (Å²) in [5.74, 6) is 1.57. The van der Waals surface area contributed by atoms with Gasteiger partial charge in [0, 0.05) is 18.1 Å². The number of aryl methyl sites for hydroxylation is 1. The molecule has 0 radical (unpaired) electrons. The fourth-order valence-electron chi connectivity index (χ4n) is 2.61. The molecule has 1 unspecified atom stereocenters. The molecule has 130 valence electrons. The third kappa shape index (κ3) is 4.08. The molecule has 0 aliphatic carbocycles. The lowest BCUT2D eigenvalue weighted by Crippen LogP contribution is -2.26. The zero-order valence-corrected chi connectivity index (χ0v) is 15.0. The maximum absolute atomic E-state index is 12.8. The number of hydrogen-bond acceptors (Lipinski definition) is 5. The van der Waals surface area contributed by atoms with Crippen LogP contribution in [-0.2, 0) is 4.79 Å². The Labute approximate surface area is 150 Å². The van der Waals surface area contributed by atoms with Crippen LogP contribution in [0.25, 0.3) is 5.69 Å². The third-order valence-electron chi connectivity index (χ3n) is 3.87. The largest absolute Gasteiger partial charge is 0.342 e. The molecular weight excluding hydrogens is 336 g/mol. The Kier molecular flexibility index (Phi) is 5.49.